The maximum Gasteiger partial charge on any atom is 0.127 e. The van der Waals surface area contributed by atoms with Crippen molar-refractivity contribution in [2.75, 3.05) is 0 Å². The van der Waals surface area contributed by atoms with Gasteiger partial charge < -0.3 is 0 Å². The van der Waals surface area contributed by atoms with Crippen molar-refractivity contribution >= 4 is 0 Å². The lowest BCUT2D eigenvalue weighted by molar-refractivity contribution is 0.209. The van der Waals surface area contributed by atoms with Gasteiger partial charge in [0.15, 0.2) is 0 Å². The van der Waals surface area contributed by atoms with Gasteiger partial charge in [0.2, 0.25) is 0 Å². The van der Waals surface area contributed by atoms with Crippen LogP contribution in [0, 0.1) is 23.7 Å². The van der Waals surface area contributed by atoms with E-state index in [9.17, 15) is 4.39 Å². The zero-order valence-electron chi connectivity index (χ0n) is 15.3. The predicted molar refractivity (Wildman–Crippen MR) is 94.7 cm³/mol. The molecule has 0 aromatic rings. The molecule has 0 N–H and O–H groups in total. The molecule has 2 rings (SSSR count). The molecule has 0 aromatic heterocycles. The summed E-state index contributed by atoms with van der Waals surface area (Å²) in [5.41, 5.74) is 1.22. The summed E-state index contributed by atoms with van der Waals surface area (Å²) in [5.74, 6) is 3.34. The minimum atomic E-state index is -1.16. The van der Waals surface area contributed by atoms with Gasteiger partial charge in [-0.05, 0) is 75.2 Å². The van der Waals surface area contributed by atoms with Crippen molar-refractivity contribution < 1.29 is 4.39 Å². The first kappa shape index (κ1) is 17.8. The summed E-state index contributed by atoms with van der Waals surface area (Å²) in [7, 11) is 0. The molecule has 0 aromatic carbocycles. The maximum atomic E-state index is 14.0. The molecule has 0 amide bonds. The van der Waals surface area contributed by atoms with E-state index in [1.54, 1.807) is 13.8 Å². The Morgan fingerprint density at radius 2 is 1.73 bits per heavy atom. The second kappa shape index (κ2) is 7.32. The second-order valence-electron chi connectivity index (χ2n) is 8.56. The third kappa shape index (κ3) is 4.70. The largest absolute Gasteiger partial charge is 0.240 e. The van der Waals surface area contributed by atoms with Crippen molar-refractivity contribution in [2.24, 2.45) is 23.7 Å². The Kier molecular flexibility index (Phi) is 5.91. The van der Waals surface area contributed by atoms with E-state index >= 15 is 0 Å². The standard InChI is InChI=1S/C21H35F/c1-15-6-10-18(11-7-15)16(2)8-9-17(3)19-12-13-20(14-19)21(4,5)22/h12-13,15-18H,6-11,14H2,1-5H3. The Morgan fingerprint density at radius 1 is 1.09 bits per heavy atom. The van der Waals surface area contributed by atoms with Crippen LogP contribution < -0.4 is 0 Å². The van der Waals surface area contributed by atoms with Crippen molar-refractivity contribution in [3.63, 3.8) is 0 Å². The van der Waals surface area contributed by atoms with Crippen LogP contribution in [-0.4, -0.2) is 5.67 Å². The minimum Gasteiger partial charge on any atom is -0.240 e. The molecule has 2 atom stereocenters. The number of halogens is 1. The van der Waals surface area contributed by atoms with Crippen LogP contribution in [0.4, 0.5) is 4.39 Å². The van der Waals surface area contributed by atoms with E-state index in [1.807, 2.05) is 6.08 Å². The van der Waals surface area contributed by atoms with Crippen molar-refractivity contribution in [3.8, 4) is 0 Å². The van der Waals surface area contributed by atoms with E-state index in [2.05, 4.69) is 26.8 Å². The van der Waals surface area contributed by atoms with Crippen LogP contribution in [0.25, 0.3) is 0 Å². The summed E-state index contributed by atoms with van der Waals surface area (Å²) >= 11 is 0. The fraction of sp³-hybridized carbons (Fsp3) is 0.810. The molecule has 1 heteroatoms. The SMILES string of the molecule is CC1CCC(C(C)CCC(C)C2=CC=C(C(C)(C)F)C2)CC1. The van der Waals surface area contributed by atoms with Crippen LogP contribution in [0.2, 0.25) is 0 Å². The van der Waals surface area contributed by atoms with Gasteiger partial charge in [0, 0.05) is 0 Å². The van der Waals surface area contributed by atoms with Gasteiger partial charge in [0.25, 0.3) is 0 Å². The predicted octanol–water partition coefficient (Wildman–Crippen LogP) is 6.87. The Bertz CT molecular complexity index is 416. The van der Waals surface area contributed by atoms with Gasteiger partial charge >= 0.3 is 0 Å². The van der Waals surface area contributed by atoms with Gasteiger partial charge in [-0.15, -0.1) is 0 Å². The monoisotopic (exact) mass is 306 g/mol. The van der Waals surface area contributed by atoms with E-state index in [1.165, 1.54) is 44.1 Å². The second-order valence-corrected chi connectivity index (χ2v) is 8.56. The van der Waals surface area contributed by atoms with Gasteiger partial charge in [0.05, 0.1) is 0 Å². The molecule has 0 heterocycles. The fourth-order valence-corrected chi connectivity index (χ4v) is 4.08. The number of allylic oxidation sites excluding steroid dienone is 4. The molecular formula is C21H35F. The zero-order chi connectivity index (χ0) is 16.3. The molecule has 1 saturated carbocycles. The van der Waals surface area contributed by atoms with Gasteiger partial charge in [0.1, 0.15) is 5.67 Å². The zero-order valence-corrected chi connectivity index (χ0v) is 15.3. The van der Waals surface area contributed by atoms with Gasteiger partial charge in [-0.1, -0.05) is 51.3 Å². The van der Waals surface area contributed by atoms with Crippen LogP contribution in [0.3, 0.4) is 0 Å². The number of hydrogen-bond donors (Lipinski definition) is 0. The fourth-order valence-electron chi connectivity index (χ4n) is 4.08. The van der Waals surface area contributed by atoms with E-state index in [4.69, 9.17) is 0 Å². The molecule has 0 aliphatic heterocycles. The lowest BCUT2D eigenvalue weighted by atomic mass is 9.75. The molecule has 2 aliphatic carbocycles. The molecule has 2 unspecified atom stereocenters. The number of hydrogen-bond acceptors (Lipinski definition) is 0. The van der Waals surface area contributed by atoms with Crippen molar-refractivity contribution in [2.45, 2.75) is 85.2 Å². The third-order valence-electron chi connectivity index (χ3n) is 6.21. The quantitative estimate of drug-likeness (QED) is 0.502. The molecular weight excluding hydrogens is 271 g/mol. The highest BCUT2D eigenvalue weighted by atomic mass is 19.1. The van der Waals surface area contributed by atoms with E-state index in [0.29, 0.717) is 5.92 Å². The smallest absolute Gasteiger partial charge is 0.127 e. The number of rotatable bonds is 6. The molecule has 1 fully saturated rings. The Morgan fingerprint density at radius 3 is 2.27 bits per heavy atom. The first-order valence-electron chi connectivity index (χ1n) is 9.36. The lowest BCUT2D eigenvalue weighted by Gasteiger charge is -2.31. The normalized spacial score (nSPS) is 29.0. The lowest BCUT2D eigenvalue weighted by Crippen LogP contribution is -2.19. The number of alkyl halides is 1. The molecule has 0 spiro atoms. The summed E-state index contributed by atoms with van der Waals surface area (Å²) in [6.07, 6.45) is 13.3. The van der Waals surface area contributed by atoms with Gasteiger partial charge in [-0.3, -0.25) is 0 Å². The van der Waals surface area contributed by atoms with Crippen molar-refractivity contribution in [1.29, 1.82) is 0 Å². The van der Waals surface area contributed by atoms with Crippen molar-refractivity contribution in [3.05, 3.63) is 23.3 Å². The van der Waals surface area contributed by atoms with Crippen molar-refractivity contribution in [1.82, 2.24) is 0 Å². The first-order valence-corrected chi connectivity index (χ1v) is 9.36. The van der Waals surface area contributed by atoms with Gasteiger partial charge in [-0.2, -0.15) is 0 Å². The molecule has 126 valence electrons. The molecule has 0 nitrogen and oxygen atoms in total. The van der Waals surface area contributed by atoms with E-state index < -0.39 is 5.67 Å². The third-order valence-corrected chi connectivity index (χ3v) is 6.21. The summed E-state index contributed by atoms with van der Waals surface area (Å²) in [6.45, 7) is 10.5. The summed E-state index contributed by atoms with van der Waals surface area (Å²) in [5, 5.41) is 0. The van der Waals surface area contributed by atoms with Gasteiger partial charge in [-0.25, -0.2) is 4.39 Å². The average molecular weight is 307 g/mol. The maximum absolute atomic E-state index is 14.0. The summed E-state index contributed by atoms with van der Waals surface area (Å²) < 4.78 is 14.0. The molecule has 0 bridgehead atoms. The Balaban J connectivity index is 1.73. The average Bonchev–Trinajstić information content (AvgIpc) is 2.95. The van der Waals surface area contributed by atoms with Crippen LogP contribution in [0.15, 0.2) is 23.3 Å². The van der Waals surface area contributed by atoms with Crippen LogP contribution >= 0.6 is 0 Å². The summed E-state index contributed by atoms with van der Waals surface area (Å²) in [4.78, 5) is 0. The Hall–Kier alpha value is -0.590. The van der Waals surface area contributed by atoms with E-state index in [-0.39, 0.29) is 0 Å². The highest BCUT2D eigenvalue weighted by molar-refractivity contribution is 5.35. The summed E-state index contributed by atoms with van der Waals surface area (Å²) in [6, 6.07) is 0. The topological polar surface area (TPSA) is 0 Å². The molecule has 0 saturated heterocycles. The minimum absolute atomic E-state index is 0.598. The van der Waals surface area contributed by atoms with Crippen LogP contribution in [-0.2, 0) is 0 Å². The Labute approximate surface area is 137 Å². The van der Waals surface area contributed by atoms with Crippen LogP contribution in [0.1, 0.15) is 79.6 Å². The molecule has 0 radical (unpaired) electrons. The van der Waals surface area contributed by atoms with E-state index in [0.717, 1.165) is 29.7 Å². The van der Waals surface area contributed by atoms with Crippen LogP contribution in [0.5, 0.6) is 0 Å². The molecule has 22 heavy (non-hydrogen) atoms. The molecule has 2 aliphatic rings. The highest BCUT2D eigenvalue weighted by Crippen LogP contribution is 2.38. The highest BCUT2D eigenvalue weighted by Gasteiger charge is 2.27. The first-order chi connectivity index (χ1) is 10.3.